The SMILES string of the molecule is CC(=O)Oc1ccc(C(=O)/C=C/c2ccc(C)c(C)c2)cc1OC(C)=O. The van der Waals surface area contributed by atoms with Gasteiger partial charge in [0.05, 0.1) is 0 Å². The molecule has 0 saturated heterocycles. The number of hydrogen-bond acceptors (Lipinski definition) is 5. The molecule has 0 spiro atoms. The van der Waals surface area contributed by atoms with Crippen LogP contribution in [0.3, 0.4) is 0 Å². The summed E-state index contributed by atoms with van der Waals surface area (Å²) in [6.07, 6.45) is 3.17. The number of carbonyl (C=O) groups is 3. The number of ketones is 1. The number of esters is 2. The largest absolute Gasteiger partial charge is 0.423 e. The Hall–Kier alpha value is -3.21. The molecule has 134 valence electrons. The third-order valence-electron chi connectivity index (χ3n) is 3.69. The summed E-state index contributed by atoms with van der Waals surface area (Å²) in [6.45, 7) is 6.50. The lowest BCUT2D eigenvalue weighted by molar-refractivity contribution is -0.134. The van der Waals surface area contributed by atoms with E-state index in [1.54, 1.807) is 6.08 Å². The van der Waals surface area contributed by atoms with Crippen LogP contribution >= 0.6 is 0 Å². The number of benzene rings is 2. The van der Waals surface area contributed by atoms with Crippen molar-refractivity contribution in [3.8, 4) is 11.5 Å². The molecule has 0 bridgehead atoms. The first-order chi connectivity index (χ1) is 12.3. The molecule has 2 aromatic rings. The third kappa shape index (κ3) is 5.14. The van der Waals surface area contributed by atoms with E-state index in [-0.39, 0.29) is 17.3 Å². The molecule has 0 aliphatic rings. The monoisotopic (exact) mass is 352 g/mol. The Kier molecular flexibility index (Phi) is 6.07. The zero-order valence-corrected chi connectivity index (χ0v) is 15.2. The minimum Gasteiger partial charge on any atom is -0.423 e. The number of aryl methyl sites for hydroxylation is 2. The third-order valence-corrected chi connectivity index (χ3v) is 3.69. The predicted octanol–water partition coefficient (Wildman–Crippen LogP) is 4.05. The van der Waals surface area contributed by atoms with Crippen LogP contribution < -0.4 is 9.47 Å². The topological polar surface area (TPSA) is 69.7 Å². The molecule has 0 radical (unpaired) electrons. The summed E-state index contributed by atoms with van der Waals surface area (Å²) in [6, 6.07) is 10.2. The van der Waals surface area contributed by atoms with Crippen LogP contribution in [-0.4, -0.2) is 17.7 Å². The maximum atomic E-state index is 12.4. The van der Waals surface area contributed by atoms with Gasteiger partial charge in [-0.1, -0.05) is 24.3 Å². The molecule has 0 fully saturated rings. The van der Waals surface area contributed by atoms with Crippen molar-refractivity contribution in [1.82, 2.24) is 0 Å². The molecular formula is C21H20O5. The molecule has 0 unspecified atom stereocenters. The first-order valence-electron chi connectivity index (χ1n) is 8.07. The Morgan fingerprint density at radius 3 is 2.08 bits per heavy atom. The van der Waals surface area contributed by atoms with Crippen LogP contribution in [0.1, 0.15) is 40.9 Å². The number of carbonyl (C=O) groups excluding carboxylic acids is 3. The summed E-state index contributed by atoms with van der Waals surface area (Å²) in [5.74, 6) is -1.27. The van der Waals surface area contributed by atoms with Crippen molar-refractivity contribution in [2.45, 2.75) is 27.7 Å². The van der Waals surface area contributed by atoms with Crippen LogP contribution in [0.5, 0.6) is 11.5 Å². The summed E-state index contributed by atoms with van der Waals surface area (Å²) < 4.78 is 10.0. The molecule has 5 heteroatoms. The molecule has 0 atom stereocenters. The molecule has 0 amide bonds. The fourth-order valence-corrected chi connectivity index (χ4v) is 2.27. The molecule has 5 nitrogen and oxygen atoms in total. The zero-order chi connectivity index (χ0) is 19.3. The molecule has 2 aromatic carbocycles. The minimum atomic E-state index is -0.575. The second-order valence-electron chi connectivity index (χ2n) is 5.89. The summed E-state index contributed by atoms with van der Waals surface area (Å²) in [4.78, 5) is 34.8. The van der Waals surface area contributed by atoms with E-state index in [0.29, 0.717) is 5.56 Å². The van der Waals surface area contributed by atoms with Crippen LogP contribution in [0, 0.1) is 13.8 Å². The molecule has 26 heavy (non-hydrogen) atoms. The molecule has 0 saturated carbocycles. The minimum absolute atomic E-state index is 0.0260. The van der Waals surface area contributed by atoms with Crippen molar-refractivity contribution in [3.63, 3.8) is 0 Å². The number of allylic oxidation sites excluding steroid dienone is 1. The highest BCUT2D eigenvalue weighted by Crippen LogP contribution is 2.29. The maximum Gasteiger partial charge on any atom is 0.308 e. The van der Waals surface area contributed by atoms with Crippen LogP contribution in [0.2, 0.25) is 0 Å². The summed E-state index contributed by atoms with van der Waals surface area (Å²) in [5, 5.41) is 0. The van der Waals surface area contributed by atoms with E-state index in [1.807, 2.05) is 32.0 Å². The van der Waals surface area contributed by atoms with Gasteiger partial charge in [0.15, 0.2) is 17.3 Å². The molecule has 2 rings (SSSR count). The normalized spacial score (nSPS) is 10.6. The number of rotatable bonds is 5. The molecule has 0 heterocycles. The molecule has 0 aliphatic carbocycles. The van der Waals surface area contributed by atoms with Gasteiger partial charge in [0, 0.05) is 19.4 Å². The van der Waals surface area contributed by atoms with E-state index < -0.39 is 11.9 Å². The van der Waals surface area contributed by atoms with E-state index in [2.05, 4.69) is 0 Å². The highest BCUT2D eigenvalue weighted by Gasteiger charge is 2.13. The Labute approximate surface area is 152 Å². The van der Waals surface area contributed by atoms with Crippen LogP contribution in [0.15, 0.2) is 42.5 Å². The fraction of sp³-hybridized carbons (Fsp3) is 0.190. The Bertz CT molecular complexity index is 893. The van der Waals surface area contributed by atoms with Gasteiger partial charge in [-0.05, 0) is 54.8 Å². The van der Waals surface area contributed by atoms with Crippen LogP contribution in [-0.2, 0) is 9.59 Å². The molecule has 0 aliphatic heterocycles. The number of ether oxygens (including phenoxy) is 2. The first-order valence-corrected chi connectivity index (χ1v) is 8.07. The highest BCUT2D eigenvalue weighted by atomic mass is 16.6. The first kappa shape index (κ1) is 19.1. The van der Waals surface area contributed by atoms with Gasteiger partial charge < -0.3 is 9.47 Å². The van der Waals surface area contributed by atoms with Crippen LogP contribution in [0.4, 0.5) is 0 Å². The second-order valence-corrected chi connectivity index (χ2v) is 5.89. The maximum absolute atomic E-state index is 12.4. The summed E-state index contributed by atoms with van der Waals surface area (Å²) in [7, 11) is 0. The van der Waals surface area contributed by atoms with Gasteiger partial charge in [-0.15, -0.1) is 0 Å². The van der Waals surface area contributed by atoms with Gasteiger partial charge >= 0.3 is 11.9 Å². The predicted molar refractivity (Wildman–Crippen MR) is 98.3 cm³/mol. The Morgan fingerprint density at radius 1 is 0.808 bits per heavy atom. The van der Waals surface area contributed by atoms with E-state index in [4.69, 9.17) is 9.47 Å². The van der Waals surface area contributed by atoms with E-state index >= 15 is 0 Å². The van der Waals surface area contributed by atoms with Crippen molar-refractivity contribution in [1.29, 1.82) is 0 Å². The van der Waals surface area contributed by atoms with Crippen LogP contribution in [0.25, 0.3) is 6.08 Å². The van der Waals surface area contributed by atoms with Crippen molar-refractivity contribution in [3.05, 3.63) is 64.7 Å². The quantitative estimate of drug-likeness (QED) is 0.351. The van der Waals surface area contributed by atoms with Gasteiger partial charge in [-0.25, -0.2) is 0 Å². The van der Waals surface area contributed by atoms with Gasteiger partial charge in [-0.2, -0.15) is 0 Å². The van der Waals surface area contributed by atoms with E-state index in [0.717, 1.165) is 11.1 Å². The zero-order valence-electron chi connectivity index (χ0n) is 15.2. The Morgan fingerprint density at radius 2 is 1.46 bits per heavy atom. The van der Waals surface area contributed by atoms with Gasteiger partial charge in [-0.3, -0.25) is 14.4 Å². The fourth-order valence-electron chi connectivity index (χ4n) is 2.27. The van der Waals surface area contributed by atoms with Crippen molar-refractivity contribution in [2.75, 3.05) is 0 Å². The van der Waals surface area contributed by atoms with Gasteiger partial charge in [0.1, 0.15) is 0 Å². The Balaban J connectivity index is 2.27. The summed E-state index contributed by atoms with van der Waals surface area (Å²) >= 11 is 0. The highest BCUT2D eigenvalue weighted by molar-refractivity contribution is 6.07. The van der Waals surface area contributed by atoms with Crippen molar-refractivity contribution >= 4 is 23.8 Å². The molecule has 0 aromatic heterocycles. The average Bonchev–Trinajstić information content (AvgIpc) is 2.56. The lowest BCUT2D eigenvalue weighted by atomic mass is 10.0. The second kappa shape index (κ2) is 8.25. The van der Waals surface area contributed by atoms with E-state index in [1.165, 1.54) is 43.7 Å². The standard InChI is InChI=1S/C21H20O5/c1-13-5-6-17(11-14(13)2)7-9-19(24)18-8-10-20(25-15(3)22)21(12-18)26-16(4)23/h5-12H,1-4H3/b9-7+. The van der Waals surface area contributed by atoms with E-state index in [9.17, 15) is 14.4 Å². The van der Waals surface area contributed by atoms with Gasteiger partial charge in [0.2, 0.25) is 0 Å². The van der Waals surface area contributed by atoms with Crippen molar-refractivity contribution < 1.29 is 23.9 Å². The average molecular weight is 352 g/mol. The molecular weight excluding hydrogens is 332 g/mol. The van der Waals surface area contributed by atoms with Crippen molar-refractivity contribution in [2.24, 2.45) is 0 Å². The lowest BCUT2D eigenvalue weighted by Gasteiger charge is -2.09. The number of hydrogen-bond donors (Lipinski definition) is 0. The van der Waals surface area contributed by atoms with Gasteiger partial charge in [0.25, 0.3) is 0 Å². The molecule has 0 N–H and O–H groups in total. The smallest absolute Gasteiger partial charge is 0.308 e. The summed E-state index contributed by atoms with van der Waals surface area (Å²) in [5.41, 5.74) is 3.55. The lowest BCUT2D eigenvalue weighted by Crippen LogP contribution is -2.08.